The van der Waals surface area contributed by atoms with Gasteiger partial charge in [0.1, 0.15) is 5.60 Å². The number of halogens is 1. The minimum atomic E-state index is -0.439. The van der Waals surface area contributed by atoms with Crippen LogP contribution in [0.3, 0.4) is 0 Å². The Kier molecular flexibility index (Phi) is 6.17. The minimum Gasteiger partial charge on any atom is -0.444 e. The third kappa shape index (κ3) is 6.20. The van der Waals surface area contributed by atoms with E-state index in [1.807, 2.05) is 20.8 Å². The van der Waals surface area contributed by atoms with Gasteiger partial charge in [-0.25, -0.2) is 4.79 Å². The predicted molar refractivity (Wildman–Crippen MR) is 103 cm³/mol. The minimum absolute atomic E-state index is 0.223. The van der Waals surface area contributed by atoms with Crippen LogP contribution < -0.4 is 10.6 Å². The molecule has 2 N–H and O–H groups in total. The Labute approximate surface area is 152 Å². The zero-order chi connectivity index (χ0) is 17.0. The zero-order valence-electron chi connectivity index (χ0n) is 14.4. The summed E-state index contributed by atoms with van der Waals surface area (Å²) >= 11 is 2.37. The molecule has 1 amide bonds. The number of anilines is 1. The predicted octanol–water partition coefficient (Wildman–Crippen LogP) is 4.85. The molecule has 0 heterocycles. The van der Waals surface area contributed by atoms with Crippen LogP contribution in [0.2, 0.25) is 0 Å². The van der Waals surface area contributed by atoms with Crippen LogP contribution in [0, 0.1) is 10.5 Å². The number of carbonyl (C=O) groups is 1. The molecule has 4 nitrogen and oxygen atoms in total. The van der Waals surface area contributed by atoms with Crippen LogP contribution in [0.15, 0.2) is 18.2 Å². The molecule has 0 bridgehead atoms. The summed E-state index contributed by atoms with van der Waals surface area (Å²) in [5.41, 5.74) is 2.05. The highest BCUT2D eigenvalue weighted by molar-refractivity contribution is 14.1. The van der Waals surface area contributed by atoms with E-state index in [4.69, 9.17) is 4.74 Å². The lowest BCUT2D eigenvalue weighted by Gasteiger charge is -2.31. The second-order valence-corrected chi connectivity index (χ2v) is 8.47. The lowest BCUT2D eigenvalue weighted by molar-refractivity contribution is 0.0492. The maximum absolute atomic E-state index is 11.8. The number of nitrogens with one attached hydrogen (secondary N) is 2. The molecule has 2 rings (SSSR count). The average Bonchev–Trinajstić information content (AvgIpc) is 2.43. The molecular formula is C18H27IN2O2. The van der Waals surface area contributed by atoms with Gasteiger partial charge in [-0.3, -0.25) is 0 Å². The van der Waals surface area contributed by atoms with E-state index in [1.54, 1.807) is 0 Å². The van der Waals surface area contributed by atoms with Gasteiger partial charge in [0.2, 0.25) is 0 Å². The molecule has 23 heavy (non-hydrogen) atoms. The van der Waals surface area contributed by atoms with Crippen LogP contribution in [-0.4, -0.2) is 23.8 Å². The highest BCUT2D eigenvalue weighted by Gasteiger charge is 2.24. The number of hydrogen-bond acceptors (Lipinski definition) is 3. The summed E-state index contributed by atoms with van der Waals surface area (Å²) in [5.74, 6) is 0. The highest BCUT2D eigenvalue weighted by Crippen LogP contribution is 2.24. The summed E-state index contributed by atoms with van der Waals surface area (Å²) in [6.45, 7) is 7.78. The fourth-order valence-electron chi connectivity index (χ4n) is 2.77. The van der Waals surface area contributed by atoms with Gasteiger partial charge < -0.3 is 15.4 Å². The van der Waals surface area contributed by atoms with Gasteiger partial charge in [-0.2, -0.15) is 0 Å². The average molecular weight is 430 g/mol. The smallest absolute Gasteiger partial charge is 0.407 e. The number of hydrogen-bond donors (Lipinski definition) is 2. The molecule has 1 fully saturated rings. The molecule has 1 aliphatic rings. The summed E-state index contributed by atoms with van der Waals surface area (Å²) < 4.78 is 6.61. The molecule has 5 heteroatoms. The number of amides is 1. The van der Waals surface area contributed by atoms with Crippen LogP contribution in [0.5, 0.6) is 0 Å². The van der Waals surface area contributed by atoms with Crippen LogP contribution in [0.4, 0.5) is 10.5 Å². The Balaban J connectivity index is 1.77. The maximum Gasteiger partial charge on any atom is 0.407 e. The summed E-state index contributed by atoms with van der Waals surface area (Å²) in [5, 5.41) is 6.60. The third-order valence-electron chi connectivity index (χ3n) is 3.99. The van der Waals surface area contributed by atoms with Crippen molar-refractivity contribution < 1.29 is 9.53 Å². The molecule has 0 atom stereocenters. The van der Waals surface area contributed by atoms with E-state index in [2.05, 4.69) is 58.3 Å². The first-order valence-electron chi connectivity index (χ1n) is 8.25. The van der Waals surface area contributed by atoms with Gasteiger partial charge in [-0.05, 0) is 93.7 Å². The van der Waals surface area contributed by atoms with Crippen molar-refractivity contribution in [3.05, 3.63) is 27.3 Å². The lowest BCUT2D eigenvalue weighted by atomic mass is 9.91. The van der Waals surface area contributed by atoms with Gasteiger partial charge in [-0.1, -0.05) is 6.07 Å². The van der Waals surface area contributed by atoms with E-state index in [1.165, 1.54) is 14.8 Å². The van der Waals surface area contributed by atoms with Gasteiger partial charge in [0, 0.05) is 21.3 Å². The molecule has 0 aliphatic heterocycles. The number of aryl methyl sites for hydroxylation is 1. The van der Waals surface area contributed by atoms with Crippen molar-refractivity contribution in [3.63, 3.8) is 0 Å². The highest BCUT2D eigenvalue weighted by atomic mass is 127. The van der Waals surface area contributed by atoms with E-state index in [9.17, 15) is 4.79 Å². The number of benzene rings is 1. The van der Waals surface area contributed by atoms with Crippen molar-refractivity contribution in [2.24, 2.45) is 0 Å². The fourth-order valence-corrected chi connectivity index (χ4v) is 3.29. The van der Waals surface area contributed by atoms with Crippen molar-refractivity contribution in [3.8, 4) is 0 Å². The van der Waals surface area contributed by atoms with Gasteiger partial charge in [0.25, 0.3) is 0 Å². The Morgan fingerprint density at radius 1 is 1.17 bits per heavy atom. The van der Waals surface area contributed by atoms with Crippen molar-refractivity contribution in [2.45, 2.75) is 71.1 Å². The van der Waals surface area contributed by atoms with Gasteiger partial charge in [-0.15, -0.1) is 0 Å². The third-order valence-corrected chi connectivity index (χ3v) is 5.15. The van der Waals surface area contributed by atoms with Gasteiger partial charge in [0.05, 0.1) is 0 Å². The molecule has 0 aromatic heterocycles. The molecule has 0 unspecified atom stereocenters. The summed E-state index contributed by atoms with van der Waals surface area (Å²) in [4.78, 5) is 11.8. The summed E-state index contributed by atoms with van der Waals surface area (Å²) in [7, 11) is 0. The van der Waals surface area contributed by atoms with E-state index in [-0.39, 0.29) is 12.1 Å². The van der Waals surface area contributed by atoms with E-state index >= 15 is 0 Å². The first kappa shape index (κ1) is 18.4. The van der Waals surface area contributed by atoms with Crippen molar-refractivity contribution >= 4 is 34.4 Å². The summed E-state index contributed by atoms with van der Waals surface area (Å²) in [6, 6.07) is 7.19. The van der Waals surface area contributed by atoms with Gasteiger partial charge >= 0.3 is 6.09 Å². The normalized spacial score (nSPS) is 21.6. The van der Waals surface area contributed by atoms with Crippen LogP contribution in [0.1, 0.15) is 52.0 Å². The van der Waals surface area contributed by atoms with Gasteiger partial charge in [0.15, 0.2) is 0 Å². The summed E-state index contributed by atoms with van der Waals surface area (Å²) in [6.07, 6.45) is 3.79. The largest absolute Gasteiger partial charge is 0.444 e. The molecule has 0 radical (unpaired) electrons. The Morgan fingerprint density at radius 2 is 1.78 bits per heavy atom. The molecule has 1 aromatic carbocycles. The molecule has 0 spiro atoms. The van der Waals surface area contributed by atoms with E-state index < -0.39 is 5.60 Å². The van der Waals surface area contributed by atoms with Crippen molar-refractivity contribution in [2.75, 3.05) is 5.32 Å². The van der Waals surface area contributed by atoms with Crippen LogP contribution in [0.25, 0.3) is 0 Å². The quantitative estimate of drug-likeness (QED) is 0.675. The monoisotopic (exact) mass is 430 g/mol. The molecular weight excluding hydrogens is 403 g/mol. The topological polar surface area (TPSA) is 50.4 Å². The van der Waals surface area contributed by atoms with Crippen LogP contribution in [-0.2, 0) is 4.74 Å². The standard InChI is InChI=1S/C18H27IN2O2/c1-12-5-6-15(11-16(12)19)20-13-7-9-14(10-8-13)21-17(22)23-18(2,3)4/h5-6,11,13-14,20H,7-10H2,1-4H3,(H,21,22). The number of ether oxygens (including phenoxy) is 1. The molecule has 128 valence electrons. The Hall–Kier alpha value is -0.980. The number of rotatable bonds is 3. The first-order valence-corrected chi connectivity index (χ1v) is 9.33. The van der Waals surface area contributed by atoms with E-state index in [0.717, 1.165) is 25.7 Å². The van der Waals surface area contributed by atoms with Crippen molar-refractivity contribution in [1.29, 1.82) is 0 Å². The second kappa shape index (κ2) is 7.73. The first-order chi connectivity index (χ1) is 10.7. The van der Waals surface area contributed by atoms with Crippen LogP contribution >= 0.6 is 22.6 Å². The number of carbonyl (C=O) groups excluding carboxylic acids is 1. The molecule has 1 aliphatic carbocycles. The molecule has 1 saturated carbocycles. The Morgan fingerprint density at radius 3 is 2.35 bits per heavy atom. The SMILES string of the molecule is Cc1ccc(NC2CCC(NC(=O)OC(C)(C)C)CC2)cc1I. The second-order valence-electron chi connectivity index (χ2n) is 7.30. The van der Waals surface area contributed by atoms with E-state index in [0.29, 0.717) is 6.04 Å². The number of alkyl carbamates (subject to hydrolysis) is 1. The maximum atomic E-state index is 11.8. The Bertz CT molecular complexity index is 546. The fraction of sp³-hybridized carbons (Fsp3) is 0.611. The van der Waals surface area contributed by atoms with Crippen molar-refractivity contribution in [1.82, 2.24) is 5.32 Å². The lowest BCUT2D eigenvalue weighted by Crippen LogP contribution is -2.42. The molecule has 1 aromatic rings. The zero-order valence-corrected chi connectivity index (χ0v) is 16.6. The molecule has 0 saturated heterocycles.